The van der Waals surface area contributed by atoms with E-state index >= 15 is 0 Å². The number of benzene rings is 1. The Morgan fingerprint density at radius 1 is 1.30 bits per heavy atom. The molecule has 3 N–H and O–H groups in total. The van der Waals surface area contributed by atoms with Crippen LogP contribution in [0.3, 0.4) is 0 Å². The van der Waals surface area contributed by atoms with Gasteiger partial charge in [0.1, 0.15) is 0 Å². The number of nitrogens with one attached hydrogen (secondary N) is 1. The van der Waals surface area contributed by atoms with Crippen LogP contribution in [0.4, 0.5) is 21.0 Å². The van der Waals surface area contributed by atoms with E-state index in [0.717, 1.165) is 0 Å². The van der Waals surface area contributed by atoms with Crippen molar-refractivity contribution in [3.05, 3.63) is 30.3 Å². The van der Waals surface area contributed by atoms with Crippen LogP contribution < -0.4 is 14.9 Å². The fourth-order valence-corrected chi connectivity index (χ4v) is 5.99. The van der Waals surface area contributed by atoms with E-state index in [0.29, 0.717) is 7.05 Å². The first-order valence-electron chi connectivity index (χ1n) is 5.14. The number of hydrogen-bond donors (Lipinski definition) is 2. The summed E-state index contributed by atoms with van der Waals surface area (Å²) in [6, 6.07) is 7.36. The molecule has 0 saturated heterocycles. The van der Waals surface area contributed by atoms with E-state index < -0.39 is 28.8 Å². The second-order valence-corrected chi connectivity index (χ2v) is 10.5. The van der Waals surface area contributed by atoms with Gasteiger partial charge >= 0.3 is 114 Å². The third-order valence-corrected chi connectivity index (χ3v) is 9.03. The van der Waals surface area contributed by atoms with E-state index in [-0.39, 0.29) is 12.4 Å². The van der Waals surface area contributed by atoms with E-state index in [2.05, 4.69) is 10.0 Å². The maximum atomic E-state index is 14.1. The molecule has 0 fully saturated rings. The molecule has 0 saturated carbocycles. The summed E-state index contributed by atoms with van der Waals surface area (Å²) in [5.41, 5.74) is 4.44. The maximum absolute atomic E-state index is 14.1. The summed E-state index contributed by atoms with van der Waals surface area (Å²) in [4.78, 5) is 1.25. The monoisotopic (exact) mass is 356 g/mol. The average molecular weight is 356 g/mol. The second-order valence-electron chi connectivity index (χ2n) is 4.01. The second kappa shape index (κ2) is 5.91. The zero-order valence-electron chi connectivity index (χ0n) is 10.6. The van der Waals surface area contributed by atoms with Crippen LogP contribution in [0.2, 0.25) is 0 Å². The molecular formula is C8H14F5N3OP3+. The standard InChI is InChI=1S/C8H14F5N3OP3/c1-16(19(10,11)14)20(2,12,13)15-18(9)17-8-6-4-3-5-7-8/h3-7,15H,14H2,1-2H3/q+1. The molecule has 20 heavy (non-hydrogen) atoms. The van der Waals surface area contributed by atoms with Crippen LogP contribution in [-0.4, -0.2) is 18.2 Å². The van der Waals surface area contributed by atoms with Crippen molar-refractivity contribution >= 4 is 24.3 Å². The predicted molar refractivity (Wildman–Crippen MR) is 74.4 cm³/mol. The summed E-state index contributed by atoms with van der Waals surface area (Å²) < 4.78 is 71.6. The zero-order valence-corrected chi connectivity index (χ0v) is 13.2. The molecule has 4 nitrogen and oxygen atoms in total. The molecule has 116 valence electrons. The van der Waals surface area contributed by atoms with Gasteiger partial charge in [-0.1, -0.05) is 0 Å². The Labute approximate surface area is 115 Å². The molecule has 0 amide bonds. The van der Waals surface area contributed by atoms with Gasteiger partial charge in [-0.2, -0.15) is 0 Å². The Bertz CT molecular complexity index is 452. The van der Waals surface area contributed by atoms with Crippen molar-refractivity contribution in [2.24, 2.45) is 5.50 Å². The van der Waals surface area contributed by atoms with Crippen LogP contribution >= 0.6 is 24.3 Å². The molecule has 12 heteroatoms. The van der Waals surface area contributed by atoms with Gasteiger partial charge in [-0.25, -0.2) is 0 Å². The van der Waals surface area contributed by atoms with Gasteiger partial charge in [-0.05, 0) is 0 Å². The van der Waals surface area contributed by atoms with Gasteiger partial charge in [0, 0.05) is 0 Å². The summed E-state index contributed by atoms with van der Waals surface area (Å²) in [6.07, 6.45) is 0. The van der Waals surface area contributed by atoms with Crippen molar-refractivity contribution < 1.29 is 25.5 Å². The molecule has 0 aliphatic rings. The van der Waals surface area contributed by atoms with Gasteiger partial charge in [-0.3, -0.25) is 0 Å². The fourth-order valence-electron chi connectivity index (χ4n) is 1.10. The van der Waals surface area contributed by atoms with Crippen LogP contribution in [0.15, 0.2) is 30.3 Å². The quantitative estimate of drug-likeness (QED) is 0.547. The molecule has 0 bridgehead atoms. The predicted octanol–water partition coefficient (Wildman–Crippen LogP) is 5.14. The molecule has 1 aromatic rings. The van der Waals surface area contributed by atoms with Crippen LogP contribution in [0.5, 0.6) is 5.75 Å². The van der Waals surface area contributed by atoms with E-state index in [9.17, 15) is 21.0 Å². The SMILES string of the molecule is CN([P+](N)(F)F)P(C)(F)(F)NP(F)Oc1ccccc1. The van der Waals surface area contributed by atoms with Crippen molar-refractivity contribution in [1.82, 2.24) is 9.30 Å². The van der Waals surface area contributed by atoms with Crippen molar-refractivity contribution in [2.45, 2.75) is 0 Å². The normalized spacial score (nSPS) is 16.6. The van der Waals surface area contributed by atoms with Crippen LogP contribution in [-0.2, 0) is 0 Å². The van der Waals surface area contributed by atoms with Gasteiger partial charge < -0.3 is 0 Å². The topological polar surface area (TPSA) is 50.5 Å². The van der Waals surface area contributed by atoms with Gasteiger partial charge in [0.25, 0.3) is 0 Å². The van der Waals surface area contributed by atoms with Gasteiger partial charge in [0.05, 0.1) is 0 Å². The summed E-state index contributed by atoms with van der Waals surface area (Å²) in [6.45, 7) is 0.232. The van der Waals surface area contributed by atoms with Crippen LogP contribution in [0.1, 0.15) is 0 Å². The molecule has 1 rings (SSSR count). The number of hydrogen-bond acceptors (Lipinski definition) is 4. The fraction of sp³-hybridized carbons (Fsp3) is 0.250. The van der Waals surface area contributed by atoms with Crippen LogP contribution in [0, 0.1) is 0 Å². The Morgan fingerprint density at radius 3 is 2.25 bits per heavy atom. The first-order valence-corrected chi connectivity index (χ1v) is 10.3. The van der Waals surface area contributed by atoms with Crippen molar-refractivity contribution in [3.63, 3.8) is 0 Å². The molecule has 0 aromatic heterocycles. The summed E-state index contributed by atoms with van der Waals surface area (Å²) >= 11 is 0. The average Bonchev–Trinajstić information content (AvgIpc) is 2.26. The first-order chi connectivity index (χ1) is 8.90. The van der Waals surface area contributed by atoms with E-state index in [4.69, 9.17) is 0 Å². The molecule has 1 aromatic carbocycles. The third-order valence-electron chi connectivity index (χ3n) is 2.27. The molecular weight excluding hydrogens is 342 g/mol. The number of para-hydroxylation sites is 1. The molecule has 1 unspecified atom stereocenters. The number of nitrogens with zero attached hydrogens (tertiary/aromatic N) is 1. The van der Waals surface area contributed by atoms with Crippen molar-refractivity contribution in [1.29, 1.82) is 0 Å². The Hall–Kier alpha value is -0.160. The molecule has 0 heterocycles. The Morgan fingerprint density at radius 2 is 1.80 bits per heavy atom. The molecule has 0 radical (unpaired) electrons. The van der Waals surface area contributed by atoms with Gasteiger partial charge in [0.2, 0.25) is 0 Å². The molecule has 0 aliphatic heterocycles. The summed E-state index contributed by atoms with van der Waals surface area (Å²) in [7, 11) is -14.7. The van der Waals surface area contributed by atoms with Crippen LogP contribution in [0.25, 0.3) is 0 Å². The van der Waals surface area contributed by atoms with Gasteiger partial charge in [0.15, 0.2) is 0 Å². The first kappa shape index (κ1) is 17.9. The molecule has 1 atom stereocenters. The zero-order chi connectivity index (χ0) is 15.6. The minimum absolute atomic E-state index is 0.0116. The van der Waals surface area contributed by atoms with E-state index in [1.807, 2.05) is 0 Å². The minimum atomic E-state index is -6.35. The van der Waals surface area contributed by atoms with Gasteiger partial charge in [-0.15, -0.1) is 0 Å². The summed E-state index contributed by atoms with van der Waals surface area (Å²) in [5.74, 6) is 0.0116. The van der Waals surface area contributed by atoms with Crippen molar-refractivity contribution in [2.75, 3.05) is 13.7 Å². The Balaban J connectivity index is 2.79. The third kappa shape index (κ3) is 4.99. The molecule has 0 aliphatic carbocycles. The van der Waals surface area contributed by atoms with E-state index in [1.165, 1.54) is 29.1 Å². The molecule has 0 spiro atoms. The number of halogens is 5. The van der Waals surface area contributed by atoms with Crippen molar-refractivity contribution in [3.8, 4) is 5.75 Å². The van der Waals surface area contributed by atoms with E-state index in [1.54, 1.807) is 6.07 Å². The summed E-state index contributed by atoms with van der Waals surface area (Å²) in [5, 5.41) is 0. The number of nitrogens with two attached hydrogens (primary N) is 1. The number of rotatable bonds is 6. The Kier molecular flexibility index (Phi) is 5.29.